The fourth-order valence-electron chi connectivity index (χ4n) is 2.70. The molecule has 1 heterocycles. The van der Waals surface area contributed by atoms with Crippen molar-refractivity contribution in [1.29, 1.82) is 0 Å². The lowest BCUT2D eigenvalue weighted by Crippen LogP contribution is -2.42. The lowest BCUT2D eigenvalue weighted by Gasteiger charge is -2.14. The molecule has 1 aromatic heterocycles. The van der Waals surface area contributed by atoms with Crippen LogP contribution < -0.4 is 16.1 Å². The van der Waals surface area contributed by atoms with Gasteiger partial charge in [-0.25, -0.2) is 4.68 Å². The fourth-order valence-corrected chi connectivity index (χ4v) is 3.26. The Morgan fingerprint density at radius 2 is 1.76 bits per heavy atom. The van der Waals surface area contributed by atoms with Crippen molar-refractivity contribution >= 4 is 61.8 Å². The van der Waals surface area contributed by atoms with Crippen molar-refractivity contribution in [3.8, 4) is 0 Å². The van der Waals surface area contributed by atoms with E-state index in [1.165, 1.54) is 4.68 Å². The number of anilines is 1. The molecule has 0 bridgehead atoms. The van der Waals surface area contributed by atoms with Gasteiger partial charge >= 0.3 is 11.8 Å². The van der Waals surface area contributed by atoms with E-state index in [0.717, 1.165) is 4.47 Å². The van der Waals surface area contributed by atoms with E-state index in [-0.39, 0.29) is 11.7 Å². The molecule has 0 spiro atoms. The number of nitrogens with one attached hydrogen (secondary N) is 3. The highest BCUT2D eigenvalue weighted by Crippen LogP contribution is 2.25. The topological polar surface area (TPSA) is 92.2 Å². The first-order valence-corrected chi connectivity index (χ1v) is 9.92. The molecule has 0 radical (unpaired) electrons. The van der Waals surface area contributed by atoms with E-state index in [1.807, 2.05) is 0 Å². The molecule has 0 aliphatic carbocycles. The van der Waals surface area contributed by atoms with Crippen LogP contribution in [-0.2, 0) is 9.59 Å². The summed E-state index contributed by atoms with van der Waals surface area (Å²) in [5, 5.41) is 6.32. The van der Waals surface area contributed by atoms with Crippen LogP contribution in [0.4, 0.5) is 5.69 Å². The van der Waals surface area contributed by atoms with Gasteiger partial charge in [0, 0.05) is 15.9 Å². The minimum Gasteiger partial charge on any atom is -0.346 e. The number of amides is 3. The van der Waals surface area contributed by atoms with Gasteiger partial charge in [0.05, 0.1) is 16.2 Å². The predicted molar refractivity (Wildman–Crippen MR) is 117 cm³/mol. The van der Waals surface area contributed by atoms with Crippen LogP contribution in [0.3, 0.4) is 0 Å². The van der Waals surface area contributed by atoms with Crippen LogP contribution in [0.1, 0.15) is 24.3 Å². The maximum atomic E-state index is 12.9. The number of nitrogens with zero attached hydrogens (tertiary/aromatic N) is 1. The minimum atomic E-state index is -0.883. The van der Waals surface area contributed by atoms with Gasteiger partial charge in [-0.2, -0.15) is 0 Å². The third-order valence-electron chi connectivity index (χ3n) is 3.96. The number of fused-ring (bicyclic) bond motifs is 1. The first kappa shape index (κ1) is 20.9. The second-order valence-corrected chi connectivity index (χ2v) is 7.89. The molecule has 29 heavy (non-hydrogen) atoms. The van der Waals surface area contributed by atoms with Crippen LogP contribution >= 0.6 is 27.5 Å². The zero-order valence-electron chi connectivity index (χ0n) is 15.6. The van der Waals surface area contributed by atoms with E-state index >= 15 is 0 Å². The van der Waals surface area contributed by atoms with E-state index in [2.05, 4.69) is 32.0 Å². The van der Waals surface area contributed by atoms with Gasteiger partial charge < -0.3 is 10.6 Å². The molecule has 3 rings (SSSR count). The number of para-hydroxylation sites is 1. The van der Waals surface area contributed by atoms with Crippen LogP contribution in [0.25, 0.3) is 10.9 Å². The Hall–Kier alpha value is -2.84. The molecule has 0 unspecified atom stereocenters. The average molecular weight is 478 g/mol. The monoisotopic (exact) mass is 476 g/mol. The molecule has 3 N–H and O–H groups in total. The predicted octanol–water partition coefficient (Wildman–Crippen LogP) is 3.90. The van der Waals surface area contributed by atoms with Gasteiger partial charge in [0.25, 0.3) is 5.91 Å². The van der Waals surface area contributed by atoms with Gasteiger partial charge in [0.1, 0.15) is 5.69 Å². The van der Waals surface area contributed by atoms with Crippen LogP contribution in [0.5, 0.6) is 0 Å². The zero-order chi connectivity index (χ0) is 21.1. The summed E-state index contributed by atoms with van der Waals surface area (Å²) in [5.41, 5.74) is 3.63. The zero-order valence-corrected chi connectivity index (χ0v) is 18.0. The molecular formula is C20H18BrClN4O3. The second kappa shape index (κ2) is 8.67. The first-order chi connectivity index (χ1) is 13.8. The Morgan fingerprint density at radius 1 is 1.03 bits per heavy atom. The van der Waals surface area contributed by atoms with Gasteiger partial charge in [-0.05, 0) is 50.2 Å². The summed E-state index contributed by atoms with van der Waals surface area (Å²) in [6.45, 7) is 3.49. The largest absolute Gasteiger partial charge is 0.346 e. The number of carbonyl (C=O) groups excluding carboxylic acids is 3. The Balaban J connectivity index is 1.98. The molecule has 0 atom stereocenters. The Morgan fingerprint density at radius 3 is 2.45 bits per heavy atom. The normalized spacial score (nSPS) is 10.8. The molecule has 150 valence electrons. The average Bonchev–Trinajstić information content (AvgIpc) is 3.00. The number of benzene rings is 2. The highest BCUT2D eigenvalue weighted by atomic mass is 79.9. The molecular weight excluding hydrogens is 460 g/mol. The molecule has 0 aliphatic rings. The van der Waals surface area contributed by atoms with E-state index in [1.54, 1.807) is 62.4 Å². The number of carbonyl (C=O) groups is 3. The second-order valence-electron chi connectivity index (χ2n) is 6.57. The van der Waals surface area contributed by atoms with Crippen molar-refractivity contribution in [2.75, 3.05) is 10.7 Å². The molecule has 0 saturated heterocycles. The molecule has 0 aliphatic heterocycles. The smallest absolute Gasteiger partial charge is 0.328 e. The van der Waals surface area contributed by atoms with Crippen molar-refractivity contribution < 1.29 is 14.4 Å². The van der Waals surface area contributed by atoms with Crippen molar-refractivity contribution in [2.45, 2.75) is 19.9 Å². The lowest BCUT2D eigenvalue weighted by molar-refractivity contribution is -0.137. The third-order valence-corrected chi connectivity index (χ3v) is 4.78. The van der Waals surface area contributed by atoms with Crippen LogP contribution in [0, 0.1) is 0 Å². The van der Waals surface area contributed by atoms with Gasteiger partial charge in [0.2, 0.25) is 0 Å². The number of hydrogen-bond donors (Lipinski definition) is 3. The summed E-state index contributed by atoms with van der Waals surface area (Å²) in [6, 6.07) is 13.5. The summed E-state index contributed by atoms with van der Waals surface area (Å²) in [7, 11) is 0. The van der Waals surface area contributed by atoms with Crippen molar-refractivity contribution in [1.82, 2.24) is 9.99 Å². The molecule has 0 saturated carbocycles. The lowest BCUT2D eigenvalue weighted by atomic mass is 10.2. The maximum Gasteiger partial charge on any atom is 0.328 e. The SMILES string of the molecule is CC(C)NC(=O)C(=O)Nn1c(C(=O)Nc2ccccc2Cl)cc2cc(Br)ccc21. The minimum absolute atomic E-state index is 0.142. The van der Waals surface area contributed by atoms with Gasteiger partial charge in [-0.1, -0.05) is 39.7 Å². The van der Waals surface area contributed by atoms with E-state index < -0.39 is 17.7 Å². The molecule has 3 aromatic rings. The Labute approximate surface area is 180 Å². The van der Waals surface area contributed by atoms with Crippen LogP contribution in [0.15, 0.2) is 53.0 Å². The van der Waals surface area contributed by atoms with Gasteiger partial charge in [-0.3, -0.25) is 19.8 Å². The van der Waals surface area contributed by atoms with Crippen LogP contribution in [-0.4, -0.2) is 28.4 Å². The molecule has 2 aromatic carbocycles. The summed E-state index contributed by atoms with van der Waals surface area (Å²) in [5.74, 6) is -2.17. The summed E-state index contributed by atoms with van der Waals surface area (Å²) in [6.07, 6.45) is 0. The molecule has 7 nitrogen and oxygen atoms in total. The van der Waals surface area contributed by atoms with E-state index in [9.17, 15) is 14.4 Å². The van der Waals surface area contributed by atoms with E-state index in [0.29, 0.717) is 21.6 Å². The van der Waals surface area contributed by atoms with Crippen molar-refractivity contribution in [3.63, 3.8) is 0 Å². The quantitative estimate of drug-likeness (QED) is 0.498. The molecule has 0 fully saturated rings. The number of aromatic nitrogens is 1. The Bertz CT molecular complexity index is 1110. The summed E-state index contributed by atoms with van der Waals surface area (Å²) < 4.78 is 2.10. The number of rotatable bonds is 4. The molecule has 3 amide bonds. The number of hydrogen-bond acceptors (Lipinski definition) is 3. The van der Waals surface area contributed by atoms with E-state index in [4.69, 9.17) is 11.6 Å². The van der Waals surface area contributed by atoms with Crippen molar-refractivity contribution in [3.05, 3.63) is 63.7 Å². The van der Waals surface area contributed by atoms with Crippen LogP contribution in [0.2, 0.25) is 5.02 Å². The maximum absolute atomic E-state index is 12.9. The van der Waals surface area contributed by atoms with Gasteiger partial charge in [0.15, 0.2) is 0 Å². The van der Waals surface area contributed by atoms with Gasteiger partial charge in [-0.15, -0.1) is 0 Å². The summed E-state index contributed by atoms with van der Waals surface area (Å²) >= 11 is 9.51. The first-order valence-electron chi connectivity index (χ1n) is 8.75. The highest BCUT2D eigenvalue weighted by Gasteiger charge is 2.21. The third kappa shape index (κ3) is 4.78. The van der Waals surface area contributed by atoms with Crippen molar-refractivity contribution in [2.24, 2.45) is 0 Å². The summed E-state index contributed by atoms with van der Waals surface area (Å²) in [4.78, 5) is 37.3. The fraction of sp³-hybridized carbons (Fsp3) is 0.150. The highest BCUT2D eigenvalue weighted by molar-refractivity contribution is 9.10. The number of halogens is 2. The standard InChI is InChI=1S/C20H18BrClN4O3/c1-11(2)23-19(28)20(29)25-26-16-8-7-13(21)9-12(16)10-17(26)18(27)24-15-6-4-3-5-14(15)22/h3-11H,1-2H3,(H,23,28)(H,24,27)(H,25,29). The molecule has 9 heteroatoms. The Kier molecular flexibility index (Phi) is 6.24.